The van der Waals surface area contributed by atoms with Crippen LogP contribution in [0.15, 0.2) is 6.33 Å². The molecular formula is C7H6N10O2. The summed E-state index contributed by atoms with van der Waals surface area (Å²) >= 11 is 0. The zero-order valence-corrected chi connectivity index (χ0v) is 9.22. The van der Waals surface area contributed by atoms with Crippen LogP contribution in [0.5, 0.6) is 0 Å². The fourth-order valence-corrected chi connectivity index (χ4v) is 1.59. The molecule has 0 spiro atoms. The Balaban J connectivity index is 2.16. The minimum absolute atomic E-state index is 0.269. The second-order valence-corrected chi connectivity index (χ2v) is 3.46. The fraction of sp³-hybridized carbons (Fsp3) is 0.143. The third-order valence-electron chi connectivity index (χ3n) is 2.28. The maximum absolute atomic E-state index is 10.8. The summed E-state index contributed by atoms with van der Waals surface area (Å²) in [7, 11) is 0. The predicted molar refractivity (Wildman–Crippen MR) is 56.2 cm³/mol. The Bertz CT molecular complexity index is 684. The van der Waals surface area contributed by atoms with Crippen molar-refractivity contribution in [2.24, 2.45) is 0 Å². The van der Waals surface area contributed by atoms with Gasteiger partial charge in [-0.25, -0.2) is 15.2 Å². The number of H-pyrrole nitrogens is 2. The minimum atomic E-state index is -1.02. The molecule has 96 valence electrons. The molecule has 12 nitrogen and oxygen atoms in total. The van der Waals surface area contributed by atoms with E-state index >= 15 is 0 Å². The smallest absolute Gasteiger partial charge is 0.323 e. The standard InChI is InChI=1S/C7H6N10O2/c18-3(19)1-17-2-8-4(6-9-13-14-10-6)5(17)7-11-15-16-12-7/h2H,1H2,(H,18,19)(H,9,10,13,14)(H,11,12,15,16). The molecule has 19 heavy (non-hydrogen) atoms. The Morgan fingerprint density at radius 2 is 1.89 bits per heavy atom. The molecule has 0 unspecified atom stereocenters. The number of tetrazole rings is 2. The number of carboxylic acids is 1. The Kier molecular flexibility index (Phi) is 2.45. The summed E-state index contributed by atoms with van der Waals surface area (Å²) in [5.74, 6) is -0.464. The van der Waals surface area contributed by atoms with E-state index in [1.807, 2.05) is 0 Å². The van der Waals surface area contributed by atoms with Crippen molar-refractivity contribution in [1.29, 1.82) is 0 Å². The van der Waals surface area contributed by atoms with Gasteiger partial charge in [-0.1, -0.05) is 0 Å². The summed E-state index contributed by atoms with van der Waals surface area (Å²) in [6.45, 7) is -0.287. The largest absolute Gasteiger partial charge is 0.480 e. The summed E-state index contributed by atoms with van der Waals surface area (Å²) in [4.78, 5) is 14.9. The van der Waals surface area contributed by atoms with Crippen molar-refractivity contribution in [3.63, 3.8) is 0 Å². The molecule has 0 aliphatic rings. The summed E-state index contributed by atoms with van der Waals surface area (Å²) in [5.41, 5.74) is 0.732. The molecule has 0 fully saturated rings. The summed E-state index contributed by atoms with van der Waals surface area (Å²) < 4.78 is 1.38. The van der Waals surface area contributed by atoms with Gasteiger partial charge < -0.3 is 9.67 Å². The van der Waals surface area contributed by atoms with E-state index < -0.39 is 5.97 Å². The lowest BCUT2D eigenvalue weighted by Gasteiger charge is -2.02. The van der Waals surface area contributed by atoms with Gasteiger partial charge in [0.2, 0.25) is 0 Å². The molecule has 3 rings (SSSR count). The van der Waals surface area contributed by atoms with Crippen molar-refractivity contribution in [1.82, 2.24) is 50.8 Å². The van der Waals surface area contributed by atoms with Gasteiger partial charge in [0.1, 0.15) is 17.9 Å². The van der Waals surface area contributed by atoms with Crippen LogP contribution in [-0.4, -0.2) is 61.9 Å². The molecular weight excluding hydrogens is 256 g/mol. The van der Waals surface area contributed by atoms with Crippen LogP contribution in [0.3, 0.4) is 0 Å². The molecule has 0 aliphatic heterocycles. The van der Waals surface area contributed by atoms with Crippen molar-refractivity contribution < 1.29 is 9.90 Å². The Morgan fingerprint density at radius 3 is 2.47 bits per heavy atom. The van der Waals surface area contributed by atoms with Crippen LogP contribution >= 0.6 is 0 Å². The van der Waals surface area contributed by atoms with Gasteiger partial charge in [-0.2, -0.15) is 0 Å². The molecule has 0 amide bonds. The maximum Gasteiger partial charge on any atom is 0.323 e. The molecule has 3 aromatic heterocycles. The van der Waals surface area contributed by atoms with Crippen molar-refractivity contribution in [3.8, 4) is 23.0 Å². The number of rotatable bonds is 4. The summed E-state index contributed by atoms with van der Waals surface area (Å²) in [5, 5.41) is 35.2. The number of hydrogen-bond acceptors (Lipinski definition) is 8. The number of nitrogens with one attached hydrogen (secondary N) is 2. The highest BCUT2D eigenvalue weighted by molar-refractivity contribution is 5.73. The molecule has 0 aliphatic carbocycles. The quantitative estimate of drug-likeness (QED) is 0.498. The number of aromatic nitrogens is 10. The van der Waals surface area contributed by atoms with E-state index in [1.165, 1.54) is 10.9 Å². The van der Waals surface area contributed by atoms with Crippen molar-refractivity contribution in [2.75, 3.05) is 0 Å². The molecule has 3 aromatic rings. The second kappa shape index (κ2) is 4.25. The van der Waals surface area contributed by atoms with Gasteiger partial charge in [-0.05, 0) is 20.9 Å². The second-order valence-electron chi connectivity index (χ2n) is 3.46. The third-order valence-corrected chi connectivity index (χ3v) is 2.28. The van der Waals surface area contributed by atoms with E-state index in [1.54, 1.807) is 0 Å². The van der Waals surface area contributed by atoms with E-state index in [-0.39, 0.29) is 18.2 Å². The summed E-state index contributed by atoms with van der Waals surface area (Å²) in [6.07, 6.45) is 1.35. The van der Waals surface area contributed by atoms with Crippen LogP contribution in [0.1, 0.15) is 0 Å². The Hall–Kier alpha value is -3.18. The molecule has 0 saturated carbocycles. The topological polar surface area (TPSA) is 164 Å². The van der Waals surface area contributed by atoms with Crippen LogP contribution in [0.4, 0.5) is 0 Å². The first-order chi connectivity index (χ1) is 9.25. The predicted octanol–water partition coefficient (Wildman–Crippen LogP) is -1.67. The van der Waals surface area contributed by atoms with Crippen molar-refractivity contribution in [3.05, 3.63) is 6.33 Å². The molecule has 3 N–H and O–H groups in total. The van der Waals surface area contributed by atoms with Crippen LogP contribution in [0, 0.1) is 0 Å². The molecule has 12 heteroatoms. The number of aliphatic carboxylic acids is 1. The number of aromatic amines is 2. The van der Waals surface area contributed by atoms with Gasteiger partial charge in [-0.3, -0.25) is 4.79 Å². The fourth-order valence-electron chi connectivity index (χ4n) is 1.59. The molecule has 3 heterocycles. The number of carbonyl (C=O) groups is 1. The minimum Gasteiger partial charge on any atom is -0.480 e. The highest BCUT2D eigenvalue weighted by atomic mass is 16.4. The highest BCUT2D eigenvalue weighted by Gasteiger charge is 2.21. The molecule has 0 atom stereocenters. The Morgan fingerprint density at radius 1 is 1.21 bits per heavy atom. The number of imidazole rings is 1. The average Bonchev–Trinajstić information content (AvgIpc) is 3.08. The Labute approximate surface area is 103 Å². The normalized spacial score (nSPS) is 10.7. The van der Waals surface area contributed by atoms with Gasteiger partial charge in [0.25, 0.3) is 0 Å². The lowest BCUT2D eigenvalue weighted by atomic mass is 10.3. The van der Waals surface area contributed by atoms with Crippen molar-refractivity contribution in [2.45, 2.75) is 6.54 Å². The zero-order valence-electron chi connectivity index (χ0n) is 9.22. The van der Waals surface area contributed by atoms with E-state index in [2.05, 4.69) is 46.2 Å². The van der Waals surface area contributed by atoms with Crippen LogP contribution in [0.25, 0.3) is 23.0 Å². The molecule has 0 aromatic carbocycles. The first-order valence-electron chi connectivity index (χ1n) is 5.01. The first kappa shape index (κ1) is 10.9. The van der Waals surface area contributed by atoms with Gasteiger partial charge in [-0.15, -0.1) is 10.2 Å². The van der Waals surface area contributed by atoms with Crippen LogP contribution in [0.2, 0.25) is 0 Å². The number of carboxylic acid groups (broad SMARTS) is 1. The monoisotopic (exact) mass is 262 g/mol. The zero-order chi connectivity index (χ0) is 13.2. The SMILES string of the molecule is O=C(O)Cn1cnc(-c2nnn[nH]2)c1-c1nnn[nH]1. The van der Waals surface area contributed by atoms with Gasteiger partial charge in [0.05, 0.1) is 6.33 Å². The molecule has 0 saturated heterocycles. The van der Waals surface area contributed by atoms with Gasteiger partial charge in [0, 0.05) is 0 Å². The van der Waals surface area contributed by atoms with E-state index in [0.717, 1.165) is 0 Å². The van der Waals surface area contributed by atoms with E-state index in [9.17, 15) is 4.79 Å². The lowest BCUT2D eigenvalue weighted by Crippen LogP contribution is -2.09. The van der Waals surface area contributed by atoms with E-state index in [0.29, 0.717) is 11.4 Å². The number of nitrogens with zero attached hydrogens (tertiary/aromatic N) is 8. The third kappa shape index (κ3) is 1.90. The summed E-state index contributed by atoms with van der Waals surface area (Å²) in [6, 6.07) is 0. The molecule has 0 bridgehead atoms. The van der Waals surface area contributed by atoms with Gasteiger partial charge >= 0.3 is 5.97 Å². The van der Waals surface area contributed by atoms with Crippen molar-refractivity contribution >= 4 is 5.97 Å². The average molecular weight is 262 g/mol. The maximum atomic E-state index is 10.8. The lowest BCUT2D eigenvalue weighted by molar-refractivity contribution is -0.137. The first-order valence-corrected chi connectivity index (χ1v) is 5.01. The van der Waals surface area contributed by atoms with Crippen LogP contribution < -0.4 is 0 Å². The molecule has 0 radical (unpaired) electrons. The number of hydrogen-bond donors (Lipinski definition) is 3. The highest BCUT2D eigenvalue weighted by Crippen LogP contribution is 2.25. The van der Waals surface area contributed by atoms with Crippen LogP contribution in [-0.2, 0) is 11.3 Å². The van der Waals surface area contributed by atoms with Gasteiger partial charge in [0.15, 0.2) is 11.6 Å². The van der Waals surface area contributed by atoms with E-state index in [4.69, 9.17) is 5.11 Å².